The van der Waals surface area contributed by atoms with E-state index in [4.69, 9.17) is 5.11 Å². The van der Waals surface area contributed by atoms with Gasteiger partial charge in [-0.25, -0.2) is 0 Å². The third kappa shape index (κ3) is 2.05. The summed E-state index contributed by atoms with van der Waals surface area (Å²) in [6.07, 6.45) is 2.36. The molecule has 11 heavy (non-hydrogen) atoms. The molecule has 0 aromatic carbocycles. The van der Waals surface area contributed by atoms with Crippen LogP contribution in [0.4, 0.5) is 0 Å². The predicted octanol–water partition coefficient (Wildman–Crippen LogP) is 0.652. The zero-order chi connectivity index (χ0) is 8.43. The smallest absolute Gasteiger partial charge is 0.0626 e. The Balaban J connectivity index is 2.77. The van der Waals surface area contributed by atoms with Crippen molar-refractivity contribution < 1.29 is 5.11 Å². The van der Waals surface area contributed by atoms with Crippen LogP contribution in [0.25, 0.3) is 0 Å². The van der Waals surface area contributed by atoms with Crippen molar-refractivity contribution in [2.75, 3.05) is 0 Å². The van der Waals surface area contributed by atoms with E-state index < -0.39 is 0 Å². The molecule has 0 saturated carbocycles. The third-order valence-electron chi connectivity index (χ3n) is 1.63. The van der Waals surface area contributed by atoms with Gasteiger partial charge in [-0.3, -0.25) is 4.68 Å². The molecule has 0 unspecified atom stereocenters. The quantitative estimate of drug-likeness (QED) is 0.679. The lowest BCUT2D eigenvalue weighted by atomic mass is 10.1. The van der Waals surface area contributed by atoms with Crippen LogP contribution in [-0.4, -0.2) is 21.0 Å². The Bertz CT molecular complexity index is 240. The Morgan fingerprint density at radius 3 is 2.73 bits per heavy atom. The summed E-state index contributed by atoms with van der Waals surface area (Å²) in [7, 11) is 1.89. The van der Waals surface area contributed by atoms with Gasteiger partial charge in [-0.15, -0.1) is 0 Å². The Labute approximate surface area is 66.7 Å². The second kappa shape index (κ2) is 3.05. The second-order valence-electron chi connectivity index (χ2n) is 2.97. The van der Waals surface area contributed by atoms with E-state index in [1.165, 1.54) is 0 Å². The van der Waals surface area contributed by atoms with Crippen molar-refractivity contribution in [3.8, 4) is 0 Å². The highest BCUT2D eigenvalue weighted by molar-refractivity contribution is 5.15. The minimum absolute atomic E-state index is 0.280. The van der Waals surface area contributed by atoms with Gasteiger partial charge in [0.25, 0.3) is 0 Å². The van der Waals surface area contributed by atoms with Crippen LogP contribution in [0, 0.1) is 6.92 Å². The maximum atomic E-state index is 9.10. The number of hydrogen-bond acceptors (Lipinski definition) is 2. The average Bonchev–Trinajstić information content (AvgIpc) is 2.09. The number of aliphatic hydroxyl groups is 1. The summed E-state index contributed by atoms with van der Waals surface area (Å²) in [4.78, 5) is 0. The van der Waals surface area contributed by atoms with Crippen LogP contribution >= 0.6 is 0 Å². The molecule has 3 nitrogen and oxygen atoms in total. The van der Waals surface area contributed by atoms with E-state index in [0.29, 0.717) is 6.42 Å². The molecule has 1 heterocycles. The molecule has 0 spiro atoms. The van der Waals surface area contributed by atoms with Gasteiger partial charge in [0.2, 0.25) is 0 Å². The monoisotopic (exact) mass is 154 g/mol. The highest BCUT2D eigenvalue weighted by atomic mass is 16.3. The molecule has 1 atom stereocenters. The van der Waals surface area contributed by atoms with Crippen molar-refractivity contribution in [2.45, 2.75) is 26.4 Å². The molecular formula is C8H14N2O. The van der Waals surface area contributed by atoms with Crippen LogP contribution in [0.3, 0.4) is 0 Å². The fraction of sp³-hybridized carbons (Fsp3) is 0.625. The van der Waals surface area contributed by atoms with Crippen LogP contribution in [0.15, 0.2) is 6.20 Å². The SMILES string of the molecule is Cc1nn(C)cc1C[C@@H](C)O. The van der Waals surface area contributed by atoms with Gasteiger partial charge in [0.1, 0.15) is 0 Å². The van der Waals surface area contributed by atoms with Gasteiger partial charge in [-0.05, 0) is 19.4 Å². The van der Waals surface area contributed by atoms with Gasteiger partial charge in [0.05, 0.1) is 11.8 Å². The largest absolute Gasteiger partial charge is 0.393 e. The maximum Gasteiger partial charge on any atom is 0.0626 e. The van der Waals surface area contributed by atoms with E-state index >= 15 is 0 Å². The van der Waals surface area contributed by atoms with Crippen molar-refractivity contribution in [2.24, 2.45) is 7.05 Å². The summed E-state index contributed by atoms with van der Waals surface area (Å²) in [6, 6.07) is 0. The molecular weight excluding hydrogens is 140 g/mol. The zero-order valence-electron chi connectivity index (χ0n) is 7.20. The first-order chi connectivity index (χ1) is 5.09. The molecule has 0 bridgehead atoms. The Morgan fingerprint density at radius 1 is 1.73 bits per heavy atom. The van der Waals surface area contributed by atoms with E-state index in [2.05, 4.69) is 5.10 Å². The number of aryl methyl sites for hydroxylation is 2. The highest BCUT2D eigenvalue weighted by Gasteiger charge is 2.05. The minimum Gasteiger partial charge on any atom is -0.393 e. The first kappa shape index (κ1) is 8.27. The predicted molar refractivity (Wildman–Crippen MR) is 43.3 cm³/mol. The molecule has 1 aromatic heterocycles. The van der Waals surface area contributed by atoms with E-state index in [1.54, 1.807) is 11.6 Å². The molecule has 0 radical (unpaired) electrons. The fourth-order valence-corrected chi connectivity index (χ4v) is 1.17. The van der Waals surface area contributed by atoms with Crippen molar-refractivity contribution in [3.63, 3.8) is 0 Å². The van der Waals surface area contributed by atoms with Gasteiger partial charge in [-0.1, -0.05) is 0 Å². The zero-order valence-corrected chi connectivity index (χ0v) is 7.20. The van der Waals surface area contributed by atoms with Gasteiger partial charge < -0.3 is 5.11 Å². The Kier molecular flexibility index (Phi) is 2.29. The van der Waals surface area contributed by atoms with Crippen LogP contribution in [0.1, 0.15) is 18.2 Å². The normalized spacial score (nSPS) is 13.5. The van der Waals surface area contributed by atoms with Crippen molar-refractivity contribution in [1.82, 2.24) is 9.78 Å². The van der Waals surface area contributed by atoms with Gasteiger partial charge in [-0.2, -0.15) is 5.10 Å². The van der Waals surface area contributed by atoms with Gasteiger partial charge in [0.15, 0.2) is 0 Å². The number of rotatable bonds is 2. The minimum atomic E-state index is -0.280. The molecule has 0 aliphatic carbocycles. The third-order valence-corrected chi connectivity index (χ3v) is 1.63. The number of aliphatic hydroxyl groups excluding tert-OH is 1. The summed E-state index contributed by atoms with van der Waals surface area (Å²) in [5.41, 5.74) is 2.14. The topological polar surface area (TPSA) is 38.0 Å². The van der Waals surface area contributed by atoms with E-state index in [-0.39, 0.29) is 6.10 Å². The lowest BCUT2D eigenvalue weighted by Gasteiger charge is -2.00. The van der Waals surface area contributed by atoms with Crippen molar-refractivity contribution >= 4 is 0 Å². The lowest BCUT2D eigenvalue weighted by molar-refractivity contribution is 0.195. The van der Waals surface area contributed by atoms with E-state index in [9.17, 15) is 0 Å². The molecule has 0 fully saturated rings. The summed E-state index contributed by atoms with van der Waals surface area (Å²) in [6.45, 7) is 3.74. The van der Waals surface area contributed by atoms with Gasteiger partial charge in [0, 0.05) is 19.7 Å². The molecule has 0 amide bonds. The summed E-state index contributed by atoms with van der Waals surface area (Å²) >= 11 is 0. The van der Waals surface area contributed by atoms with Crippen LogP contribution in [0.2, 0.25) is 0 Å². The van der Waals surface area contributed by atoms with E-state index in [0.717, 1.165) is 11.3 Å². The summed E-state index contributed by atoms with van der Waals surface area (Å²) in [5.74, 6) is 0. The molecule has 1 rings (SSSR count). The lowest BCUT2D eigenvalue weighted by Crippen LogP contribution is -2.04. The van der Waals surface area contributed by atoms with Crippen molar-refractivity contribution in [3.05, 3.63) is 17.5 Å². The number of nitrogens with zero attached hydrogens (tertiary/aromatic N) is 2. The maximum absolute atomic E-state index is 9.10. The summed E-state index contributed by atoms with van der Waals surface area (Å²) < 4.78 is 1.77. The highest BCUT2D eigenvalue weighted by Crippen LogP contribution is 2.07. The van der Waals surface area contributed by atoms with Gasteiger partial charge >= 0.3 is 0 Å². The molecule has 0 saturated heterocycles. The molecule has 1 aromatic rings. The fourth-order valence-electron chi connectivity index (χ4n) is 1.17. The van der Waals surface area contributed by atoms with Crippen molar-refractivity contribution in [1.29, 1.82) is 0 Å². The first-order valence-corrected chi connectivity index (χ1v) is 3.77. The van der Waals surface area contributed by atoms with Crippen LogP contribution in [0.5, 0.6) is 0 Å². The van der Waals surface area contributed by atoms with Crippen LogP contribution < -0.4 is 0 Å². The molecule has 0 aliphatic heterocycles. The Hall–Kier alpha value is -0.830. The second-order valence-corrected chi connectivity index (χ2v) is 2.97. The molecule has 1 N–H and O–H groups in total. The first-order valence-electron chi connectivity index (χ1n) is 3.77. The standard InChI is InChI=1S/C8H14N2O/c1-6(11)4-8-5-10(3)9-7(8)2/h5-6,11H,4H2,1-3H3/t6-/m1/s1. The average molecular weight is 154 g/mol. The van der Waals surface area contributed by atoms with Crippen LogP contribution in [-0.2, 0) is 13.5 Å². The number of aromatic nitrogens is 2. The van der Waals surface area contributed by atoms with E-state index in [1.807, 2.05) is 20.2 Å². The molecule has 62 valence electrons. The molecule has 3 heteroatoms. The number of hydrogen-bond donors (Lipinski definition) is 1. The molecule has 0 aliphatic rings. The summed E-state index contributed by atoms with van der Waals surface area (Å²) in [5, 5.41) is 13.3. The Morgan fingerprint density at radius 2 is 2.36 bits per heavy atom.